The highest BCUT2D eigenvalue weighted by Gasteiger charge is 2.16. The van der Waals surface area contributed by atoms with Crippen molar-refractivity contribution in [2.45, 2.75) is 6.92 Å². The number of aromatic amines is 1. The van der Waals surface area contributed by atoms with Crippen molar-refractivity contribution in [1.29, 1.82) is 5.26 Å². The van der Waals surface area contributed by atoms with Gasteiger partial charge in [0.15, 0.2) is 5.75 Å². The van der Waals surface area contributed by atoms with Crippen LogP contribution >= 0.6 is 23.2 Å². The zero-order valence-corrected chi connectivity index (χ0v) is 20.3. The molecule has 0 radical (unpaired) electrons. The molecule has 182 valence electrons. The summed E-state index contributed by atoms with van der Waals surface area (Å²) in [6, 6.07) is 14.3. The number of rotatable bonds is 4. The van der Waals surface area contributed by atoms with Crippen LogP contribution in [0.4, 0.5) is 4.39 Å². The van der Waals surface area contributed by atoms with Crippen LogP contribution in [0.3, 0.4) is 0 Å². The summed E-state index contributed by atoms with van der Waals surface area (Å²) < 4.78 is 20.0. The summed E-state index contributed by atoms with van der Waals surface area (Å²) in [6.07, 6.45) is 1.14. The minimum absolute atomic E-state index is 0.0635. The van der Waals surface area contributed by atoms with Crippen molar-refractivity contribution in [2.75, 3.05) is 0 Å². The van der Waals surface area contributed by atoms with Crippen molar-refractivity contribution in [3.8, 4) is 34.6 Å². The van der Waals surface area contributed by atoms with E-state index in [0.29, 0.717) is 22.7 Å². The van der Waals surface area contributed by atoms with Gasteiger partial charge in [0.1, 0.15) is 17.6 Å². The SMILES string of the molecule is Cc1cc(-c2ccc(F)cn2)nc2ccc(Oc3c(Cl)cc(-n4nc(C#N)c(=O)[nH]c4=O)cc3Cl)cc12. The average molecular weight is 535 g/mol. The van der Waals surface area contributed by atoms with Crippen molar-refractivity contribution in [3.05, 3.63) is 103 Å². The number of halogens is 3. The molecule has 0 spiro atoms. The molecule has 0 aliphatic carbocycles. The molecule has 37 heavy (non-hydrogen) atoms. The Bertz CT molecular complexity index is 1840. The lowest BCUT2D eigenvalue weighted by Crippen LogP contribution is -2.33. The van der Waals surface area contributed by atoms with E-state index >= 15 is 0 Å². The number of hydrogen-bond acceptors (Lipinski definition) is 7. The molecule has 3 heterocycles. The first-order chi connectivity index (χ1) is 17.7. The van der Waals surface area contributed by atoms with Gasteiger partial charge in [-0.1, -0.05) is 23.2 Å². The molecule has 0 aliphatic rings. The Morgan fingerprint density at radius 2 is 1.81 bits per heavy atom. The van der Waals surface area contributed by atoms with Gasteiger partial charge in [0.25, 0.3) is 5.56 Å². The Hall–Kier alpha value is -4.59. The van der Waals surface area contributed by atoms with Crippen LogP contribution in [-0.4, -0.2) is 24.7 Å². The van der Waals surface area contributed by atoms with E-state index in [4.69, 9.17) is 33.2 Å². The Morgan fingerprint density at radius 3 is 2.49 bits per heavy atom. The molecule has 3 aromatic heterocycles. The van der Waals surface area contributed by atoms with Crippen LogP contribution in [0.1, 0.15) is 11.3 Å². The highest BCUT2D eigenvalue weighted by Crippen LogP contribution is 2.39. The number of hydrogen-bond donors (Lipinski definition) is 1. The Labute approximate surface area is 217 Å². The predicted octanol–water partition coefficient (Wildman–Crippen LogP) is 4.95. The minimum atomic E-state index is -0.900. The Balaban J connectivity index is 1.49. The quantitative estimate of drug-likeness (QED) is 0.345. The average Bonchev–Trinajstić information content (AvgIpc) is 2.87. The number of nitrogens with zero attached hydrogens (tertiary/aromatic N) is 5. The number of ether oxygens (including phenoxy) is 1. The fraction of sp³-hybridized carbons (Fsp3) is 0.0400. The standard InChI is InChI=1S/C25H13Cl2FN6O3/c1-12-6-21(20-4-2-13(28)11-30-20)31-19-5-3-15(9-16(12)19)37-23-17(26)7-14(8-18(23)27)34-25(36)32-24(35)22(10-29)33-34/h2-9,11H,1H3,(H,32,35,36). The summed E-state index contributed by atoms with van der Waals surface area (Å²) >= 11 is 12.8. The van der Waals surface area contributed by atoms with Crippen LogP contribution < -0.4 is 16.0 Å². The molecule has 12 heteroatoms. The van der Waals surface area contributed by atoms with E-state index in [1.807, 2.05) is 18.0 Å². The van der Waals surface area contributed by atoms with Crippen molar-refractivity contribution in [3.63, 3.8) is 0 Å². The summed E-state index contributed by atoms with van der Waals surface area (Å²) in [7, 11) is 0. The first kappa shape index (κ1) is 24.1. The Morgan fingerprint density at radius 1 is 1.05 bits per heavy atom. The van der Waals surface area contributed by atoms with Gasteiger partial charge in [-0.05, 0) is 61.0 Å². The first-order valence-electron chi connectivity index (χ1n) is 10.6. The lowest BCUT2D eigenvalue weighted by atomic mass is 10.1. The molecule has 2 aromatic carbocycles. The topological polar surface area (TPSA) is 127 Å². The second-order valence-electron chi connectivity index (χ2n) is 7.84. The molecule has 1 N–H and O–H groups in total. The number of aromatic nitrogens is 5. The van der Waals surface area contributed by atoms with Gasteiger partial charge in [0.2, 0.25) is 5.69 Å². The molecule has 5 aromatic rings. The van der Waals surface area contributed by atoms with E-state index in [1.165, 1.54) is 18.2 Å². The van der Waals surface area contributed by atoms with Crippen molar-refractivity contribution >= 4 is 34.1 Å². The molecule has 5 rings (SSSR count). The van der Waals surface area contributed by atoms with E-state index in [-0.39, 0.29) is 21.5 Å². The maximum Gasteiger partial charge on any atom is 0.349 e. The lowest BCUT2D eigenvalue weighted by Gasteiger charge is -2.13. The largest absolute Gasteiger partial charge is 0.454 e. The summed E-state index contributed by atoms with van der Waals surface area (Å²) in [6.45, 7) is 1.90. The van der Waals surface area contributed by atoms with Crippen LogP contribution in [0.5, 0.6) is 11.5 Å². The first-order valence-corrected chi connectivity index (χ1v) is 11.3. The molecule has 0 atom stereocenters. The van der Waals surface area contributed by atoms with Crippen LogP contribution in [0.15, 0.2) is 64.3 Å². The van der Waals surface area contributed by atoms with Gasteiger partial charge in [-0.3, -0.25) is 14.8 Å². The van der Waals surface area contributed by atoms with Crippen molar-refractivity contribution in [1.82, 2.24) is 24.7 Å². The van der Waals surface area contributed by atoms with E-state index in [9.17, 15) is 14.0 Å². The number of H-pyrrole nitrogens is 1. The van der Waals surface area contributed by atoms with Crippen molar-refractivity contribution < 1.29 is 9.13 Å². The van der Waals surface area contributed by atoms with Crippen LogP contribution in [0.25, 0.3) is 28.0 Å². The molecule has 0 saturated heterocycles. The van der Waals surface area contributed by atoms with Gasteiger partial charge < -0.3 is 4.74 Å². The summed E-state index contributed by atoms with van der Waals surface area (Å²) in [5, 5.41) is 13.7. The van der Waals surface area contributed by atoms with Crippen LogP contribution in [-0.2, 0) is 0 Å². The van der Waals surface area contributed by atoms with Gasteiger partial charge >= 0.3 is 5.69 Å². The van der Waals surface area contributed by atoms with E-state index in [2.05, 4.69) is 15.1 Å². The van der Waals surface area contributed by atoms with E-state index in [0.717, 1.165) is 21.8 Å². The Kier molecular flexibility index (Phi) is 6.17. The van der Waals surface area contributed by atoms with E-state index in [1.54, 1.807) is 30.3 Å². The van der Waals surface area contributed by atoms with Crippen LogP contribution in [0.2, 0.25) is 10.0 Å². The zero-order valence-electron chi connectivity index (χ0n) is 18.8. The van der Waals surface area contributed by atoms with Crippen molar-refractivity contribution in [2.24, 2.45) is 0 Å². The predicted molar refractivity (Wildman–Crippen MR) is 135 cm³/mol. The number of fused-ring (bicyclic) bond motifs is 1. The second-order valence-corrected chi connectivity index (χ2v) is 8.65. The third kappa shape index (κ3) is 4.65. The normalized spacial score (nSPS) is 10.9. The monoisotopic (exact) mass is 534 g/mol. The summed E-state index contributed by atoms with van der Waals surface area (Å²) in [5.74, 6) is 0.122. The molecule has 0 unspecified atom stereocenters. The number of nitriles is 1. The van der Waals surface area contributed by atoms with Gasteiger partial charge in [0, 0.05) is 5.39 Å². The maximum absolute atomic E-state index is 13.2. The molecular weight excluding hydrogens is 522 g/mol. The fourth-order valence-corrected chi connectivity index (χ4v) is 4.18. The minimum Gasteiger partial charge on any atom is -0.454 e. The molecule has 0 amide bonds. The molecule has 0 saturated carbocycles. The highest BCUT2D eigenvalue weighted by molar-refractivity contribution is 6.37. The molecule has 0 aliphatic heterocycles. The lowest BCUT2D eigenvalue weighted by molar-refractivity contribution is 0.483. The maximum atomic E-state index is 13.2. The second kappa shape index (κ2) is 9.46. The highest BCUT2D eigenvalue weighted by atomic mass is 35.5. The van der Waals surface area contributed by atoms with Crippen LogP contribution in [0, 0.1) is 24.1 Å². The zero-order chi connectivity index (χ0) is 26.3. The van der Waals surface area contributed by atoms with Gasteiger partial charge in [0.05, 0.1) is 38.8 Å². The number of nitrogens with one attached hydrogen (secondary N) is 1. The number of aryl methyl sites for hydroxylation is 1. The van der Waals surface area contributed by atoms with E-state index < -0.39 is 22.8 Å². The van der Waals surface area contributed by atoms with Gasteiger partial charge in [-0.15, -0.1) is 5.10 Å². The summed E-state index contributed by atoms with van der Waals surface area (Å²) in [4.78, 5) is 34.5. The molecule has 0 fully saturated rings. The number of benzene rings is 2. The third-order valence-electron chi connectivity index (χ3n) is 5.36. The summed E-state index contributed by atoms with van der Waals surface area (Å²) in [5.41, 5.74) is 0.583. The smallest absolute Gasteiger partial charge is 0.349 e. The molecular formula is C25H13Cl2FN6O3. The third-order valence-corrected chi connectivity index (χ3v) is 5.92. The van der Waals surface area contributed by atoms with Gasteiger partial charge in [-0.2, -0.15) is 9.94 Å². The fourth-order valence-electron chi connectivity index (χ4n) is 3.63. The molecule has 9 nitrogen and oxygen atoms in total. The van der Waals surface area contributed by atoms with Gasteiger partial charge in [-0.25, -0.2) is 14.2 Å². The molecule has 0 bridgehead atoms. The number of pyridine rings is 2.